The first-order valence-electron chi connectivity index (χ1n) is 12.3. The molecule has 2 unspecified atom stereocenters. The number of carbonyl (C=O) groups excluding carboxylic acids is 1. The Hall–Kier alpha value is -3.13. The molecule has 0 spiro atoms. The van der Waals surface area contributed by atoms with Gasteiger partial charge in [-0.3, -0.25) is 4.79 Å². The zero-order chi connectivity index (χ0) is 25.5. The fourth-order valence-corrected chi connectivity index (χ4v) is 6.73. The van der Waals surface area contributed by atoms with Gasteiger partial charge in [0.2, 0.25) is 0 Å². The molecule has 36 heavy (non-hydrogen) atoms. The molecule has 7 nitrogen and oxygen atoms in total. The Labute approximate surface area is 216 Å². The summed E-state index contributed by atoms with van der Waals surface area (Å²) < 4.78 is 21.3. The smallest absolute Gasteiger partial charge is 0.298 e. The zero-order valence-electron chi connectivity index (χ0n) is 21.5. The van der Waals surface area contributed by atoms with Crippen LogP contribution in [0.5, 0.6) is 22.4 Å². The summed E-state index contributed by atoms with van der Waals surface area (Å²) in [4.78, 5) is 20.2. The van der Waals surface area contributed by atoms with Crippen molar-refractivity contribution in [2.75, 3.05) is 20.8 Å². The number of nitrogens with zero attached hydrogens (tertiary/aromatic N) is 3. The second-order valence-electron chi connectivity index (χ2n) is 11.1. The van der Waals surface area contributed by atoms with E-state index in [4.69, 9.17) is 14.2 Å². The fraction of sp³-hybridized carbons (Fsp3) is 0.464. The van der Waals surface area contributed by atoms with Crippen LogP contribution in [0.2, 0.25) is 0 Å². The number of aromatic nitrogens is 2. The number of likely N-dealkylation sites (tertiary alicyclic amines) is 1. The largest absolute Gasteiger partial charge is 0.497 e. The molecule has 0 N–H and O–H groups in total. The lowest BCUT2D eigenvalue weighted by Gasteiger charge is -2.39. The van der Waals surface area contributed by atoms with Crippen LogP contribution >= 0.6 is 11.5 Å². The lowest BCUT2D eigenvalue weighted by atomic mass is 9.65. The first-order chi connectivity index (χ1) is 17.2. The Morgan fingerprint density at radius 2 is 1.92 bits per heavy atom. The third kappa shape index (κ3) is 5.05. The highest BCUT2D eigenvalue weighted by atomic mass is 32.1. The van der Waals surface area contributed by atoms with Gasteiger partial charge >= 0.3 is 0 Å². The molecule has 2 aromatic carbocycles. The average molecular weight is 508 g/mol. The minimum Gasteiger partial charge on any atom is -0.497 e. The van der Waals surface area contributed by atoms with E-state index in [-0.39, 0.29) is 22.8 Å². The highest BCUT2D eigenvalue weighted by Crippen LogP contribution is 2.52. The summed E-state index contributed by atoms with van der Waals surface area (Å²) in [7, 11) is 3.24. The predicted octanol–water partition coefficient (Wildman–Crippen LogP) is 5.98. The van der Waals surface area contributed by atoms with Crippen molar-refractivity contribution in [2.24, 2.45) is 10.8 Å². The molecular weight excluding hydrogens is 474 g/mol. The number of hydrogen-bond donors (Lipinski definition) is 0. The van der Waals surface area contributed by atoms with Gasteiger partial charge in [0.25, 0.3) is 11.1 Å². The van der Waals surface area contributed by atoms with Crippen LogP contribution < -0.4 is 14.2 Å². The van der Waals surface area contributed by atoms with Gasteiger partial charge in [-0.15, -0.1) is 0 Å². The molecule has 2 bridgehead atoms. The summed E-state index contributed by atoms with van der Waals surface area (Å²) in [5.41, 5.74) is 2.08. The van der Waals surface area contributed by atoms with Gasteiger partial charge in [-0.2, -0.15) is 9.36 Å². The maximum absolute atomic E-state index is 13.6. The number of rotatable bonds is 7. The quantitative estimate of drug-likeness (QED) is 0.392. The van der Waals surface area contributed by atoms with Crippen LogP contribution in [0, 0.1) is 10.8 Å². The van der Waals surface area contributed by atoms with Gasteiger partial charge in [-0.1, -0.05) is 32.9 Å². The minimum atomic E-state index is 0.0462. The Bertz CT molecular complexity index is 1270. The van der Waals surface area contributed by atoms with Crippen LogP contribution in [0.1, 0.15) is 61.8 Å². The lowest BCUT2D eigenvalue weighted by molar-refractivity contribution is 0.0708. The summed E-state index contributed by atoms with van der Waals surface area (Å²) in [5, 5.41) is 0.405. The van der Waals surface area contributed by atoms with E-state index in [2.05, 4.69) is 35.0 Å². The van der Waals surface area contributed by atoms with Gasteiger partial charge in [0.05, 0.1) is 14.2 Å². The molecule has 1 saturated heterocycles. The standard InChI is InChI=1S/C28H33N3O4S/c1-27(2)14-20-15-28(3,16-27)17-31(20)25(32)19-9-10-22(34-5)23(13-19)35-26-29-24(30-36-26)12-18-7-6-8-21(11-18)33-4/h6-11,13,20H,12,14-17H2,1-5H3. The number of hydrogen-bond acceptors (Lipinski definition) is 7. The summed E-state index contributed by atoms with van der Waals surface area (Å²) >= 11 is 1.18. The molecule has 1 aliphatic heterocycles. The molecule has 2 heterocycles. The average Bonchev–Trinajstić information content (AvgIpc) is 3.38. The van der Waals surface area contributed by atoms with Crippen molar-refractivity contribution in [1.29, 1.82) is 0 Å². The topological polar surface area (TPSA) is 73.8 Å². The van der Waals surface area contributed by atoms with Gasteiger partial charge in [0.15, 0.2) is 17.3 Å². The highest BCUT2D eigenvalue weighted by molar-refractivity contribution is 7.07. The fourth-order valence-electron chi connectivity index (χ4n) is 6.16. The Balaban J connectivity index is 1.33. The van der Waals surface area contributed by atoms with Crippen LogP contribution in [0.25, 0.3) is 0 Å². The van der Waals surface area contributed by atoms with Crippen molar-refractivity contribution in [2.45, 2.75) is 52.5 Å². The van der Waals surface area contributed by atoms with E-state index in [1.165, 1.54) is 11.5 Å². The van der Waals surface area contributed by atoms with Crippen LogP contribution in [0.15, 0.2) is 42.5 Å². The molecule has 0 radical (unpaired) electrons. The van der Waals surface area contributed by atoms with Crippen LogP contribution in [-0.2, 0) is 6.42 Å². The minimum absolute atomic E-state index is 0.0462. The molecule has 3 aromatic rings. The number of ether oxygens (including phenoxy) is 3. The zero-order valence-corrected chi connectivity index (χ0v) is 22.4. The number of methoxy groups -OCH3 is 2. The van der Waals surface area contributed by atoms with Crippen molar-refractivity contribution < 1.29 is 19.0 Å². The molecular formula is C28H33N3O4S. The Kier molecular flexibility index (Phi) is 6.41. The molecule has 8 heteroatoms. The molecule has 1 amide bonds. The number of carbonyl (C=O) groups is 1. The van der Waals surface area contributed by atoms with Crippen molar-refractivity contribution in [3.63, 3.8) is 0 Å². The first-order valence-corrected chi connectivity index (χ1v) is 13.1. The second kappa shape index (κ2) is 9.39. The molecule has 1 saturated carbocycles. The third-order valence-corrected chi connectivity index (χ3v) is 7.86. The van der Waals surface area contributed by atoms with Gasteiger partial charge < -0.3 is 19.1 Å². The number of amides is 1. The van der Waals surface area contributed by atoms with E-state index in [9.17, 15) is 4.79 Å². The van der Waals surface area contributed by atoms with Gasteiger partial charge in [0.1, 0.15) is 5.75 Å². The van der Waals surface area contributed by atoms with E-state index in [1.54, 1.807) is 26.4 Å². The van der Waals surface area contributed by atoms with Gasteiger partial charge in [-0.05, 0) is 66.0 Å². The monoisotopic (exact) mass is 507 g/mol. The molecule has 1 aliphatic carbocycles. The first kappa shape index (κ1) is 24.6. The predicted molar refractivity (Wildman–Crippen MR) is 139 cm³/mol. The summed E-state index contributed by atoms with van der Waals surface area (Å²) in [5.74, 6) is 2.51. The molecule has 2 fully saturated rings. The molecule has 2 aliphatic rings. The Morgan fingerprint density at radius 1 is 1.08 bits per heavy atom. The molecule has 2 atom stereocenters. The Morgan fingerprint density at radius 3 is 2.69 bits per heavy atom. The van der Waals surface area contributed by atoms with Crippen LogP contribution in [-0.4, -0.2) is 47.0 Å². The number of fused-ring (bicyclic) bond motifs is 2. The van der Waals surface area contributed by atoms with Crippen LogP contribution in [0.3, 0.4) is 0 Å². The SMILES string of the molecule is COc1cccc(Cc2nsc(Oc3cc(C(=O)N4CC5(C)CC4CC(C)(C)C5)ccc3OC)n2)c1. The molecule has 190 valence electrons. The number of benzene rings is 2. The maximum atomic E-state index is 13.6. The highest BCUT2D eigenvalue weighted by Gasteiger charge is 2.51. The maximum Gasteiger partial charge on any atom is 0.298 e. The summed E-state index contributed by atoms with van der Waals surface area (Å²) in [6.45, 7) is 7.74. The molecule has 1 aromatic heterocycles. The third-order valence-electron chi connectivity index (χ3n) is 7.23. The van der Waals surface area contributed by atoms with E-state index in [1.807, 2.05) is 30.3 Å². The lowest BCUT2D eigenvalue weighted by Crippen LogP contribution is -2.37. The van der Waals surface area contributed by atoms with E-state index in [0.717, 1.165) is 37.1 Å². The van der Waals surface area contributed by atoms with Crippen molar-refractivity contribution >= 4 is 17.4 Å². The second-order valence-corrected chi connectivity index (χ2v) is 11.8. The summed E-state index contributed by atoms with van der Waals surface area (Å²) in [6, 6.07) is 13.5. The van der Waals surface area contributed by atoms with Crippen molar-refractivity contribution in [1.82, 2.24) is 14.3 Å². The van der Waals surface area contributed by atoms with E-state index < -0.39 is 0 Å². The van der Waals surface area contributed by atoms with Crippen molar-refractivity contribution in [3.8, 4) is 22.4 Å². The van der Waals surface area contributed by atoms with Crippen molar-refractivity contribution in [3.05, 3.63) is 59.4 Å². The summed E-state index contributed by atoms with van der Waals surface area (Å²) in [6.07, 6.45) is 3.82. The van der Waals surface area contributed by atoms with Crippen LogP contribution in [0.4, 0.5) is 0 Å². The van der Waals surface area contributed by atoms with E-state index in [0.29, 0.717) is 34.5 Å². The van der Waals surface area contributed by atoms with Gasteiger partial charge in [-0.25, -0.2) is 0 Å². The van der Waals surface area contributed by atoms with E-state index >= 15 is 0 Å². The normalized spacial score (nSPS) is 22.4. The van der Waals surface area contributed by atoms with Gasteiger partial charge in [0, 0.05) is 36.1 Å². The molecule has 5 rings (SSSR count).